The molecule has 1 rings (SSSR count). The van der Waals surface area contributed by atoms with Crippen LogP contribution in [0.3, 0.4) is 0 Å². The Morgan fingerprint density at radius 2 is 1.70 bits per heavy atom. The Hall–Kier alpha value is -1.18. The molecule has 6 heteroatoms. The SMILES string of the molecule is CCOc1ccc(CN(CC(OC)OC)C[C@H](O)COC)cc1. The Morgan fingerprint density at radius 1 is 1.04 bits per heavy atom. The molecule has 1 aromatic carbocycles. The van der Waals surface area contributed by atoms with Crippen molar-refractivity contribution in [3.8, 4) is 5.75 Å². The van der Waals surface area contributed by atoms with Gasteiger partial charge in [-0.05, 0) is 24.6 Å². The minimum atomic E-state index is -0.558. The Morgan fingerprint density at radius 3 is 2.22 bits per heavy atom. The van der Waals surface area contributed by atoms with Crippen LogP contribution in [0.1, 0.15) is 12.5 Å². The molecule has 0 amide bonds. The summed E-state index contributed by atoms with van der Waals surface area (Å²) in [6.45, 7) is 4.62. The molecule has 0 unspecified atom stereocenters. The summed E-state index contributed by atoms with van der Waals surface area (Å²) < 4.78 is 21.0. The number of rotatable bonds is 12. The second-order valence-corrected chi connectivity index (χ2v) is 5.28. The standard InChI is InChI=1S/C17H29NO5/c1-5-23-16-8-6-14(7-9-16)10-18(11-15(19)13-20-2)12-17(21-3)22-4/h6-9,15,17,19H,5,10-13H2,1-4H3/t15-/m0/s1. The zero-order valence-corrected chi connectivity index (χ0v) is 14.5. The molecule has 0 radical (unpaired) electrons. The normalized spacial score (nSPS) is 12.8. The molecule has 0 saturated carbocycles. The van der Waals surface area contributed by atoms with Crippen LogP contribution in [-0.2, 0) is 20.8 Å². The van der Waals surface area contributed by atoms with Crippen molar-refractivity contribution in [1.82, 2.24) is 4.90 Å². The van der Waals surface area contributed by atoms with Crippen LogP contribution in [0.5, 0.6) is 5.75 Å². The number of aliphatic hydroxyl groups is 1. The number of nitrogens with zero attached hydrogens (tertiary/aromatic N) is 1. The molecule has 1 aromatic rings. The molecular formula is C17H29NO5. The predicted octanol–water partition coefficient (Wildman–Crippen LogP) is 1.51. The van der Waals surface area contributed by atoms with Crippen LogP contribution in [-0.4, -0.2) is 70.0 Å². The fourth-order valence-corrected chi connectivity index (χ4v) is 2.32. The summed E-state index contributed by atoms with van der Waals surface area (Å²) in [5.41, 5.74) is 1.13. The number of aliphatic hydroxyl groups excluding tert-OH is 1. The lowest BCUT2D eigenvalue weighted by Crippen LogP contribution is -2.40. The van der Waals surface area contributed by atoms with Crippen molar-refractivity contribution in [2.75, 3.05) is 47.6 Å². The maximum atomic E-state index is 10.0. The van der Waals surface area contributed by atoms with Gasteiger partial charge in [0, 0.05) is 41.0 Å². The molecule has 0 aliphatic rings. The van der Waals surface area contributed by atoms with Gasteiger partial charge in [-0.2, -0.15) is 0 Å². The van der Waals surface area contributed by atoms with Crippen molar-refractivity contribution in [1.29, 1.82) is 0 Å². The van der Waals surface area contributed by atoms with Gasteiger partial charge in [0.25, 0.3) is 0 Å². The van der Waals surface area contributed by atoms with E-state index in [0.29, 0.717) is 32.8 Å². The maximum absolute atomic E-state index is 10.0. The quantitative estimate of drug-likeness (QED) is 0.587. The Kier molecular flexibility index (Phi) is 9.82. The lowest BCUT2D eigenvalue weighted by molar-refractivity contribution is -0.121. The van der Waals surface area contributed by atoms with Crippen LogP contribution in [0.4, 0.5) is 0 Å². The third-order valence-corrected chi connectivity index (χ3v) is 3.40. The van der Waals surface area contributed by atoms with Crippen molar-refractivity contribution in [3.63, 3.8) is 0 Å². The summed E-state index contributed by atoms with van der Waals surface area (Å²) in [4.78, 5) is 2.08. The summed E-state index contributed by atoms with van der Waals surface area (Å²) >= 11 is 0. The monoisotopic (exact) mass is 327 g/mol. The largest absolute Gasteiger partial charge is 0.494 e. The zero-order chi connectivity index (χ0) is 17.1. The summed E-state index contributed by atoms with van der Waals surface area (Å²) in [6, 6.07) is 7.95. The molecule has 0 aliphatic carbocycles. The summed E-state index contributed by atoms with van der Waals surface area (Å²) in [5.74, 6) is 0.855. The first-order valence-electron chi connectivity index (χ1n) is 7.79. The number of hydrogen-bond acceptors (Lipinski definition) is 6. The molecule has 1 N–H and O–H groups in total. The van der Waals surface area contributed by atoms with Crippen molar-refractivity contribution in [3.05, 3.63) is 29.8 Å². The molecule has 0 saturated heterocycles. The number of benzene rings is 1. The van der Waals surface area contributed by atoms with Crippen LogP contribution < -0.4 is 4.74 Å². The van der Waals surface area contributed by atoms with E-state index in [1.165, 1.54) is 0 Å². The zero-order valence-electron chi connectivity index (χ0n) is 14.5. The topological polar surface area (TPSA) is 60.4 Å². The molecule has 6 nitrogen and oxygen atoms in total. The van der Waals surface area contributed by atoms with Crippen LogP contribution in [0, 0.1) is 0 Å². The highest BCUT2D eigenvalue weighted by Gasteiger charge is 2.17. The minimum Gasteiger partial charge on any atom is -0.494 e. The van der Waals surface area contributed by atoms with E-state index in [0.717, 1.165) is 11.3 Å². The van der Waals surface area contributed by atoms with Crippen molar-refractivity contribution in [2.24, 2.45) is 0 Å². The number of hydrogen-bond donors (Lipinski definition) is 1. The van der Waals surface area contributed by atoms with Gasteiger partial charge in [-0.3, -0.25) is 4.90 Å². The lowest BCUT2D eigenvalue weighted by Gasteiger charge is -2.28. The van der Waals surface area contributed by atoms with E-state index in [4.69, 9.17) is 18.9 Å². The number of methoxy groups -OCH3 is 3. The van der Waals surface area contributed by atoms with E-state index in [-0.39, 0.29) is 6.29 Å². The van der Waals surface area contributed by atoms with E-state index >= 15 is 0 Å². The molecule has 0 bridgehead atoms. The van der Waals surface area contributed by atoms with Gasteiger partial charge in [0.2, 0.25) is 0 Å². The van der Waals surface area contributed by atoms with Crippen LogP contribution in [0.15, 0.2) is 24.3 Å². The first kappa shape index (κ1) is 19.9. The van der Waals surface area contributed by atoms with E-state index < -0.39 is 6.10 Å². The molecule has 0 heterocycles. The molecule has 0 spiro atoms. The third-order valence-electron chi connectivity index (χ3n) is 3.40. The van der Waals surface area contributed by atoms with Gasteiger partial charge in [0.05, 0.1) is 19.3 Å². The van der Waals surface area contributed by atoms with Crippen LogP contribution in [0.2, 0.25) is 0 Å². The van der Waals surface area contributed by atoms with Crippen LogP contribution >= 0.6 is 0 Å². The van der Waals surface area contributed by atoms with Gasteiger partial charge in [-0.15, -0.1) is 0 Å². The number of ether oxygens (including phenoxy) is 4. The molecule has 0 aliphatic heterocycles. The average Bonchev–Trinajstić information content (AvgIpc) is 2.54. The first-order valence-corrected chi connectivity index (χ1v) is 7.79. The third kappa shape index (κ3) is 7.76. The molecule has 1 atom stereocenters. The van der Waals surface area contributed by atoms with Gasteiger partial charge in [0.1, 0.15) is 5.75 Å². The fourth-order valence-electron chi connectivity index (χ4n) is 2.32. The van der Waals surface area contributed by atoms with Gasteiger partial charge in [0.15, 0.2) is 6.29 Å². The molecule has 0 fully saturated rings. The Labute approximate surface area is 138 Å². The van der Waals surface area contributed by atoms with E-state index in [2.05, 4.69) is 4.90 Å². The van der Waals surface area contributed by atoms with E-state index in [1.807, 2.05) is 31.2 Å². The van der Waals surface area contributed by atoms with Crippen molar-refractivity contribution < 1.29 is 24.1 Å². The summed E-state index contributed by atoms with van der Waals surface area (Å²) in [5, 5.41) is 10.0. The minimum absolute atomic E-state index is 0.296. The molecule has 0 aromatic heterocycles. The van der Waals surface area contributed by atoms with Gasteiger partial charge in [-0.25, -0.2) is 0 Å². The lowest BCUT2D eigenvalue weighted by atomic mass is 10.2. The second kappa shape index (κ2) is 11.4. The summed E-state index contributed by atoms with van der Waals surface area (Å²) in [6.07, 6.45) is -0.899. The molecule has 23 heavy (non-hydrogen) atoms. The highest BCUT2D eigenvalue weighted by Crippen LogP contribution is 2.14. The maximum Gasteiger partial charge on any atom is 0.169 e. The van der Waals surface area contributed by atoms with Gasteiger partial charge < -0.3 is 24.1 Å². The summed E-state index contributed by atoms with van der Waals surface area (Å²) in [7, 11) is 4.79. The Balaban J connectivity index is 2.69. The predicted molar refractivity (Wildman–Crippen MR) is 88.6 cm³/mol. The van der Waals surface area contributed by atoms with E-state index in [1.54, 1.807) is 21.3 Å². The fraction of sp³-hybridized carbons (Fsp3) is 0.647. The van der Waals surface area contributed by atoms with E-state index in [9.17, 15) is 5.11 Å². The highest BCUT2D eigenvalue weighted by atomic mass is 16.7. The second-order valence-electron chi connectivity index (χ2n) is 5.28. The van der Waals surface area contributed by atoms with Crippen molar-refractivity contribution in [2.45, 2.75) is 25.9 Å². The highest BCUT2D eigenvalue weighted by molar-refractivity contribution is 5.27. The van der Waals surface area contributed by atoms with Crippen LogP contribution in [0.25, 0.3) is 0 Å². The smallest absolute Gasteiger partial charge is 0.169 e. The first-order chi connectivity index (χ1) is 11.1. The molecular weight excluding hydrogens is 298 g/mol. The average molecular weight is 327 g/mol. The molecule has 132 valence electrons. The van der Waals surface area contributed by atoms with Gasteiger partial charge in [-0.1, -0.05) is 12.1 Å². The Bertz CT molecular complexity index is 408. The van der Waals surface area contributed by atoms with Crippen molar-refractivity contribution >= 4 is 0 Å². The van der Waals surface area contributed by atoms with Gasteiger partial charge >= 0.3 is 0 Å².